The molecule has 4 unspecified atom stereocenters. The van der Waals surface area contributed by atoms with Crippen molar-refractivity contribution in [2.24, 2.45) is 22.4 Å². The summed E-state index contributed by atoms with van der Waals surface area (Å²) in [4.78, 5) is 30.0. The fourth-order valence-corrected chi connectivity index (χ4v) is 7.17. The van der Waals surface area contributed by atoms with Gasteiger partial charge in [-0.15, -0.1) is 0 Å². The Morgan fingerprint density at radius 2 is 1.86 bits per heavy atom. The number of aliphatic imine (C=N–C) groups is 1. The van der Waals surface area contributed by atoms with E-state index in [1.807, 2.05) is 18.2 Å². The molecule has 0 heterocycles. The van der Waals surface area contributed by atoms with Crippen molar-refractivity contribution >= 4 is 17.5 Å². The number of Topliss-reactive ketones (excluding diaryl/α,β-unsaturated/α-hetero) is 1. The topological polar surface area (TPSA) is 157 Å². The maximum absolute atomic E-state index is 13.0. The van der Waals surface area contributed by atoms with Gasteiger partial charge in [0.05, 0.1) is 18.1 Å². The summed E-state index contributed by atoms with van der Waals surface area (Å²) in [5.74, 6) is 6.45. The number of methoxy groups -OCH3 is 1. The molecule has 2 aliphatic carbocycles. The maximum atomic E-state index is 13.0. The summed E-state index contributed by atoms with van der Waals surface area (Å²) in [6.45, 7) is 4.01. The van der Waals surface area contributed by atoms with Gasteiger partial charge in [-0.05, 0) is 112 Å². The zero-order valence-electron chi connectivity index (χ0n) is 29.2. The monoisotopic (exact) mass is 671 g/mol. The number of allylic oxidation sites excluding steroid dienone is 2. The molecule has 0 bridgehead atoms. The predicted molar refractivity (Wildman–Crippen MR) is 193 cm³/mol. The normalized spacial score (nSPS) is 21.0. The van der Waals surface area contributed by atoms with Crippen molar-refractivity contribution in [3.63, 3.8) is 0 Å². The van der Waals surface area contributed by atoms with Crippen LogP contribution in [-0.2, 0) is 20.7 Å². The van der Waals surface area contributed by atoms with Gasteiger partial charge in [-0.3, -0.25) is 4.79 Å². The van der Waals surface area contributed by atoms with E-state index < -0.39 is 12.0 Å². The van der Waals surface area contributed by atoms with Crippen LogP contribution in [0.5, 0.6) is 17.2 Å². The number of rotatable bonds is 15. The highest BCUT2D eigenvalue weighted by atomic mass is 16.5. The summed E-state index contributed by atoms with van der Waals surface area (Å²) < 4.78 is 12.3. The lowest BCUT2D eigenvalue weighted by Crippen LogP contribution is -2.29. The zero-order chi connectivity index (χ0) is 35.3. The molecule has 0 radical (unpaired) electrons. The first kappa shape index (κ1) is 37.5. The minimum absolute atomic E-state index is 0.0113. The lowest BCUT2D eigenvalue weighted by molar-refractivity contribution is -0.117. The number of fused-ring (bicyclic) bond motifs is 1. The third-order valence-corrected chi connectivity index (χ3v) is 9.62. The van der Waals surface area contributed by atoms with Gasteiger partial charge in [0.15, 0.2) is 23.2 Å². The van der Waals surface area contributed by atoms with Crippen LogP contribution in [0.3, 0.4) is 0 Å². The molecule has 4 atom stereocenters. The van der Waals surface area contributed by atoms with Gasteiger partial charge in [0, 0.05) is 37.7 Å². The first-order valence-electron chi connectivity index (χ1n) is 17.7. The third kappa shape index (κ3) is 10.6. The summed E-state index contributed by atoms with van der Waals surface area (Å²) in [7, 11) is 1.65. The highest BCUT2D eigenvalue weighted by Crippen LogP contribution is 2.47. The van der Waals surface area contributed by atoms with E-state index in [9.17, 15) is 19.8 Å². The average molecular weight is 672 g/mol. The van der Waals surface area contributed by atoms with Crippen LogP contribution in [0.4, 0.5) is 0 Å². The number of phenols is 2. The Morgan fingerprint density at radius 3 is 2.53 bits per heavy atom. The van der Waals surface area contributed by atoms with E-state index in [2.05, 4.69) is 23.8 Å². The number of hydrogen-bond acceptors (Lipinski definition) is 7. The molecule has 0 amide bonds. The quantitative estimate of drug-likeness (QED) is 0.0717. The number of nitrogens with two attached hydrogens (primary N) is 2. The molecular formula is C40H53N3O6. The Morgan fingerprint density at radius 1 is 1.08 bits per heavy atom. The fraction of sp³-hybridized carbons (Fsp3) is 0.525. The predicted octanol–water partition coefficient (Wildman–Crippen LogP) is 6.56. The Labute approximate surface area is 291 Å². The van der Waals surface area contributed by atoms with E-state index in [0.717, 1.165) is 49.7 Å². The second kappa shape index (κ2) is 18.5. The van der Waals surface area contributed by atoms with E-state index in [0.29, 0.717) is 55.6 Å². The molecule has 4 rings (SSSR count). The number of nitrogens with zero attached hydrogens (tertiary/aromatic N) is 1. The molecule has 9 nitrogen and oxygen atoms in total. The molecule has 0 aromatic heterocycles. The van der Waals surface area contributed by atoms with Crippen LogP contribution in [0.15, 0.2) is 47.5 Å². The molecule has 49 heavy (non-hydrogen) atoms. The molecule has 6 N–H and O–H groups in total. The molecule has 0 spiro atoms. The SMILES string of the molecule is CCCC=CC(=O)CCc1cc(OC2CCCC2)c(O)c2c1C#CC(c1cccc(O)c1)C(N=C(N)N)CCC(COC)C2CCC(C)=O. The lowest BCUT2D eigenvalue weighted by Gasteiger charge is -2.32. The molecule has 2 aromatic carbocycles. The van der Waals surface area contributed by atoms with E-state index in [1.165, 1.54) is 0 Å². The van der Waals surface area contributed by atoms with E-state index in [1.54, 1.807) is 38.3 Å². The van der Waals surface area contributed by atoms with Gasteiger partial charge in [-0.1, -0.05) is 43.4 Å². The Balaban J connectivity index is 1.99. The van der Waals surface area contributed by atoms with Crippen LogP contribution in [-0.4, -0.2) is 53.6 Å². The molecule has 0 aliphatic heterocycles. The van der Waals surface area contributed by atoms with Gasteiger partial charge < -0.3 is 35.9 Å². The molecule has 1 saturated carbocycles. The van der Waals surface area contributed by atoms with Crippen LogP contribution >= 0.6 is 0 Å². The summed E-state index contributed by atoms with van der Waals surface area (Å²) >= 11 is 0. The number of guanidine groups is 1. The first-order valence-corrected chi connectivity index (χ1v) is 17.7. The van der Waals surface area contributed by atoms with Gasteiger partial charge in [-0.2, -0.15) is 0 Å². The maximum Gasteiger partial charge on any atom is 0.186 e. The van der Waals surface area contributed by atoms with Crippen LogP contribution in [0.1, 0.15) is 119 Å². The van der Waals surface area contributed by atoms with Crippen LogP contribution < -0.4 is 16.2 Å². The molecule has 264 valence electrons. The standard InChI is InChI=1S/C40H53N3O6/c1-4-5-6-11-30(45)18-16-28-24-37(49-32-13-7-8-14-32)39(47)38-34(28)21-20-33(27-10-9-12-31(46)23-27)36(43-40(41)42)22-17-29(25-48-3)35(38)19-15-26(2)44/h6,9-12,23-24,29,32-33,35-36,46-47H,4-5,7-8,13-19,22,25H2,1-3H3,(H4,41,42,43). The third-order valence-electron chi connectivity index (χ3n) is 9.62. The molecular weight excluding hydrogens is 618 g/mol. The molecule has 2 aromatic rings. The second-order valence-electron chi connectivity index (χ2n) is 13.5. The fourth-order valence-electron chi connectivity index (χ4n) is 7.17. The summed E-state index contributed by atoms with van der Waals surface area (Å²) in [5.41, 5.74) is 14.7. The van der Waals surface area contributed by atoms with Crippen molar-refractivity contribution in [1.29, 1.82) is 0 Å². The van der Waals surface area contributed by atoms with Gasteiger partial charge in [0.1, 0.15) is 11.5 Å². The number of aromatic hydroxyl groups is 2. The number of benzene rings is 2. The summed E-state index contributed by atoms with van der Waals surface area (Å²) in [6.07, 6.45) is 11.8. The Bertz CT molecular complexity index is 1560. The number of ether oxygens (including phenoxy) is 2. The van der Waals surface area contributed by atoms with Gasteiger partial charge >= 0.3 is 0 Å². The summed E-state index contributed by atoms with van der Waals surface area (Å²) in [6, 6.07) is 8.33. The number of ketones is 2. The van der Waals surface area contributed by atoms with Gasteiger partial charge in [-0.25, -0.2) is 4.99 Å². The van der Waals surface area contributed by atoms with Crippen LogP contribution in [0, 0.1) is 17.8 Å². The van der Waals surface area contributed by atoms with Crippen molar-refractivity contribution in [3.8, 4) is 29.1 Å². The number of carbonyl (C=O) groups is 2. The Kier molecular flexibility index (Phi) is 14.1. The van der Waals surface area contributed by atoms with Crippen molar-refractivity contribution < 1.29 is 29.3 Å². The highest BCUT2D eigenvalue weighted by molar-refractivity contribution is 5.89. The summed E-state index contributed by atoms with van der Waals surface area (Å²) in [5, 5.41) is 22.6. The van der Waals surface area contributed by atoms with Gasteiger partial charge in [0.25, 0.3) is 0 Å². The molecule has 0 saturated heterocycles. The van der Waals surface area contributed by atoms with Crippen molar-refractivity contribution in [2.75, 3.05) is 13.7 Å². The molecule has 1 fully saturated rings. The van der Waals surface area contributed by atoms with Crippen molar-refractivity contribution in [3.05, 3.63) is 64.7 Å². The van der Waals surface area contributed by atoms with E-state index in [4.69, 9.17) is 20.9 Å². The minimum Gasteiger partial charge on any atom is -0.508 e. The molecule has 2 aliphatic rings. The largest absolute Gasteiger partial charge is 0.508 e. The van der Waals surface area contributed by atoms with E-state index >= 15 is 0 Å². The van der Waals surface area contributed by atoms with Crippen LogP contribution in [0.2, 0.25) is 0 Å². The number of carbonyl (C=O) groups excluding carboxylic acids is 2. The van der Waals surface area contributed by atoms with E-state index in [-0.39, 0.29) is 53.4 Å². The van der Waals surface area contributed by atoms with Crippen molar-refractivity contribution in [2.45, 2.75) is 115 Å². The number of phenolic OH excluding ortho intramolecular Hbond substituents is 2. The highest BCUT2D eigenvalue weighted by Gasteiger charge is 2.34. The first-order chi connectivity index (χ1) is 23.6. The minimum atomic E-state index is -0.498. The zero-order valence-corrected chi connectivity index (χ0v) is 29.2. The smallest absolute Gasteiger partial charge is 0.186 e. The lowest BCUT2D eigenvalue weighted by atomic mass is 9.74. The average Bonchev–Trinajstić information content (AvgIpc) is 3.57. The van der Waals surface area contributed by atoms with Crippen molar-refractivity contribution in [1.82, 2.24) is 0 Å². The molecule has 9 heteroatoms. The second-order valence-corrected chi connectivity index (χ2v) is 13.5. The van der Waals surface area contributed by atoms with Crippen LogP contribution in [0.25, 0.3) is 0 Å². The number of hydrogen-bond donors (Lipinski definition) is 4. The number of aryl methyl sites for hydroxylation is 1. The Hall–Kier alpha value is -4.29. The number of unbranched alkanes of at least 4 members (excludes halogenated alkanes) is 1. The van der Waals surface area contributed by atoms with Gasteiger partial charge in [0.2, 0.25) is 0 Å².